The number of nitrogens with zero attached hydrogens (tertiary/aromatic N) is 2. The molecule has 9 nitrogen and oxygen atoms in total. The number of nitro groups is 1. The summed E-state index contributed by atoms with van der Waals surface area (Å²) in [5, 5.41) is 16.8. The molecule has 0 saturated heterocycles. The van der Waals surface area contributed by atoms with Crippen LogP contribution in [0.5, 0.6) is 5.75 Å². The zero-order valence-electron chi connectivity index (χ0n) is 18.5. The summed E-state index contributed by atoms with van der Waals surface area (Å²) in [6, 6.07) is 15.3. The number of nitro benzene ring substituents is 1. The van der Waals surface area contributed by atoms with Crippen LogP contribution in [0.4, 0.5) is 11.4 Å². The normalized spacial score (nSPS) is 10.7. The van der Waals surface area contributed by atoms with E-state index in [1.54, 1.807) is 0 Å². The third-order valence-electron chi connectivity index (χ3n) is 5.14. The molecular formula is C24H20N4O5S. The first-order valence-corrected chi connectivity index (χ1v) is 10.6. The molecule has 172 valence electrons. The van der Waals surface area contributed by atoms with Crippen LogP contribution in [0.15, 0.2) is 59.0 Å². The van der Waals surface area contributed by atoms with Crippen molar-refractivity contribution in [1.82, 2.24) is 10.3 Å². The van der Waals surface area contributed by atoms with Gasteiger partial charge in [0.1, 0.15) is 5.52 Å². The van der Waals surface area contributed by atoms with E-state index < -0.39 is 10.8 Å². The van der Waals surface area contributed by atoms with E-state index in [4.69, 9.17) is 21.4 Å². The summed E-state index contributed by atoms with van der Waals surface area (Å²) in [4.78, 5) is 27.7. The van der Waals surface area contributed by atoms with Gasteiger partial charge in [-0.05, 0) is 73.6 Å². The van der Waals surface area contributed by atoms with Gasteiger partial charge >= 0.3 is 5.69 Å². The van der Waals surface area contributed by atoms with Gasteiger partial charge in [-0.25, -0.2) is 4.98 Å². The zero-order valence-corrected chi connectivity index (χ0v) is 19.4. The number of oxazole rings is 1. The van der Waals surface area contributed by atoms with E-state index >= 15 is 0 Å². The topological polar surface area (TPSA) is 120 Å². The number of rotatable bonds is 5. The van der Waals surface area contributed by atoms with Crippen molar-refractivity contribution in [3.8, 4) is 17.2 Å². The van der Waals surface area contributed by atoms with Crippen molar-refractivity contribution in [3.63, 3.8) is 0 Å². The average molecular weight is 477 g/mol. The summed E-state index contributed by atoms with van der Waals surface area (Å²) in [6.45, 7) is 3.87. The number of methoxy groups -OCH3 is 1. The summed E-state index contributed by atoms with van der Waals surface area (Å²) in [7, 11) is 1.32. The van der Waals surface area contributed by atoms with Crippen molar-refractivity contribution in [2.24, 2.45) is 0 Å². The third-order valence-corrected chi connectivity index (χ3v) is 5.35. The highest BCUT2D eigenvalue weighted by Crippen LogP contribution is 2.29. The van der Waals surface area contributed by atoms with E-state index in [9.17, 15) is 14.9 Å². The van der Waals surface area contributed by atoms with Crippen molar-refractivity contribution in [1.29, 1.82) is 0 Å². The van der Waals surface area contributed by atoms with Gasteiger partial charge in [0, 0.05) is 22.9 Å². The molecule has 4 rings (SSSR count). The van der Waals surface area contributed by atoms with Crippen molar-refractivity contribution in [3.05, 3.63) is 81.4 Å². The molecule has 1 amide bonds. The minimum Gasteiger partial charge on any atom is -0.490 e. The molecule has 1 heterocycles. The second-order valence-corrected chi connectivity index (χ2v) is 7.98. The van der Waals surface area contributed by atoms with E-state index in [2.05, 4.69) is 15.6 Å². The van der Waals surface area contributed by atoms with E-state index in [1.165, 1.54) is 19.2 Å². The minimum atomic E-state index is -0.617. The molecular weight excluding hydrogens is 456 g/mol. The van der Waals surface area contributed by atoms with Gasteiger partial charge in [0.25, 0.3) is 5.91 Å². The number of ether oxygens (including phenoxy) is 1. The third kappa shape index (κ3) is 4.71. The first kappa shape index (κ1) is 22.9. The summed E-state index contributed by atoms with van der Waals surface area (Å²) in [5.41, 5.74) is 4.56. The number of amides is 1. The molecule has 0 aliphatic rings. The molecule has 0 aliphatic carbocycles. The SMILES string of the molecule is COc1ccc(C(=O)NC(=S)Nc2cc(-c3nc4ccc(C)cc4o3)ccc2C)cc1[N+](=O)[O-]. The van der Waals surface area contributed by atoms with E-state index in [-0.39, 0.29) is 22.1 Å². The van der Waals surface area contributed by atoms with Crippen LogP contribution in [0, 0.1) is 24.0 Å². The smallest absolute Gasteiger partial charge is 0.311 e. The maximum Gasteiger partial charge on any atom is 0.311 e. The molecule has 0 aliphatic heterocycles. The Bertz CT molecular complexity index is 1450. The van der Waals surface area contributed by atoms with Gasteiger partial charge in [-0.2, -0.15) is 0 Å². The monoisotopic (exact) mass is 476 g/mol. The number of fused-ring (bicyclic) bond motifs is 1. The molecule has 0 saturated carbocycles. The second kappa shape index (κ2) is 9.28. The first-order chi connectivity index (χ1) is 16.2. The molecule has 4 aromatic rings. The van der Waals surface area contributed by atoms with Gasteiger partial charge in [-0.3, -0.25) is 20.2 Å². The van der Waals surface area contributed by atoms with Gasteiger partial charge < -0.3 is 14.5 Å². The molecule has 34 heavy (non-hydrogen) atoms. The Balaban J connectivity index is 1.52. The Morgan fingerprint density at radius 2 is 1.91 bits per heavy atom. The number of nitrogens with one attached hydrogen (secondary N) is 2. The molecule has 2 N–H and O–H groups in total. The van der Waals surface area contributed by atoms with Crippen molar-refractivity contribution >= 4 is 45.7 Å². The molecule has 10 heteroatoms. The van der Waals surface area contributed by atoms with E-state index in [0.717, 1.165) is 28.3 Å². The fourth-order valence-electron chi connectivity index (χ4n) is 3.35. The molecule has 3 aromatic carbocycles. The molecule has 0 bridgehead atoms. The lowest BCUT2D eigenvalue weighted by molar-refractivity contribution is -0.385. The minimum absolute atomic E-state index is 0.0388. The Kier molecular flexibility index (Phi) is 6.24. The zero-order chi connectivity index (χ0) is 24.4. The number of carbonyl (C=O) groups excluding carboxylic acids is 1. The predicted molar refractivity (Wildman–Crippen MR) is 132 cm³/mol. The standard InChI is InChI=1S/C24H20N4O5S/c1-13-4-8-17-21(10-13)33-23(25-17)16-6-5-14(2)18(11-16)26-24(34)27-22(29)15-7-9-20(32-3)19(12-15)28(30)31/h4-12H,1-3H3,(H2,26,27,29,34). The van der Waals surface area contributed by atoms with Crippen LogP contribution < -0.4 is 15.4 Å². The molecule has 0 atom stereocenters. The number of aromatic nitrogens is 1. The maximum absolute atomic E-state index is 12.6. The van der Waals surface area contributed by atoms with Gasteiger partial charge in [0.05, 0.1) is 12.0 Å². The van der Waals surface area contributed by atoms with Crippen LogP contribution in [-0.2, 0) is 0 Å². The summed E-state index contributed by atoms with van der Waals surface area (Å²) < 4.78 is 10.9. The van der Waals surface area contributed by atoms with Crippen LogP contribution in [-0.4, -0.2) is 28.0 Å². The van der Waals surface area contributed by atoms with E-state index in [0.29, 0.717) is 17.2 Å². The fourth-order valence-corrected chi connectivity index (χ4v) is 3.55. The molecule has 0 radical (unpaired) electrons. The highest BCUT2D eigenvalue weighted by molar-refractivity contribution is 7.80. The Labute approximate surface area is 199 Å². The second-order valence-electron chi connectivity index (χ2n) is 7.57. The van der Waals surface area contributed by atoms with E-state index in [1.807, 2.05) is 50.2 Å². The molecule has 0 spiro atoms. The summed E-state index contributed by atoms with van der Waals surface area (Å²) in [6.07, 6.45) is 0. The molecule has 1 aromatic heterocycles. The quantitative estimate of drug-likeness (QED) is 0.230. The highest BCUT2D eigenvalue weighted by atomic mass is 32.1. The molecule has 0 unspecified atom stereocenters. The average Bonchev–Trinajstić information content (AvgIpc) is 3.23. The Morgan fingerprint density at radius 3 is 2.65 bits per heavy atom. The maximum atomic E-state index is 12.6. The summed E-state index contributed by atoms with van der Waals surface area (Å²) >= 11 is 5.29. The fraction of sp³-hybridized carbons (Fsp3) is 0.125. The lowest BCUT2D eigenvalue weighted by Gasteiger charge is -2.13. The van der Waals surface area contributed by atoms with Crippen molar-refractivity contribution in [2.45, 2.75) is 13.8 Å². The number of benzene rings is 3. The number of carbonyl (C=O) groups is 1. The van der Waals surface area contributed by atoms with Gasteiger partial charge in [-0.1, -0.05) is 12.1 Å². The lowest BCUT2D eigenvalue weighted by atomic mass is 10.1. The Morgan fingerprint density at radius 1 is 1.12 bits per heavy atom. The van der Waals surface area contributed by atoms with Gasteiger partial charge in [0.2, 0.25) is 5.89 Å². The van der Waals surface area contributed by atoms with Crippen LogP contribution in [0.3, 0.4) is 0 Å². The molecule has 0 fully saturated rings. The lowest BCUT2D eigenvalue weighted by Crippen LogP contribution is -2.34. The number of hydrogen-bond donors (Lipinski definition) is 2. The van der Waals surface area contributed by atoms with Crippen molar-refractivity contribution in [2.75, 3.05) is 12.4 Å². The van der Waals surface area contributed by atoms with Crippen molar-refractivity contribution < 1.29 is 18.9 Å². The van der Waals surface area contributed by atoms with Gasteiger partial charge in [0.15, 0.2) is 16.4 Å². The Hall–Kier alpha value is -4.31. The van der Waals surface area contributed by atoms with Crippen LogP contribution in [0.2, 0.25) is 0 Å². The number of hydrogen-bond acceptors (Lipinski definition) is 7. The summed E-state index contributed by atoms with van der Waals surface area (Å²) in [5.74, 6) is -0.0698. The van der Waals surface area contributed by atoms with Crippen LogP contribution in [0.1, 0.15) is 21.5 Å². The first-order valence-electron chi connectivity index (χ1n) is 10.2. The largest absolute Gasteiger partial charge is 0.490 e. The number of thiocarbonyl (C=S) groups is 1. The van der Waals surface area contributed by atoms with Gasteiger partial charge in [-0.15, -0.1) is 0 Å². The van der Waals surface area contributed by atoms with Crippen LogP contribution >= 0.6 is 12.2 Å². The number of anilines is 1. The highest BCUT2D eigenvalue weighted by Gasteiger charge is 2.19. The predicted octanol–water partition coefficient (Wildman–Crippen LogP) is 5.16. The van der Waals surface area contributed by atoms with Crippen LogP contribution in [0.25, 0.3) is 22.6 Å². The number of aryl methyl sites for hydroxylation is 2.